The lowest BCUT2D eigenvalue weighted by Gasteiger charge is -2.26. The molecule has 0 aromatic rings. The summed E-state index contributed by atoms with van der Waals surface area (Å²) >= 11 is 0. The van der Waals surface area contributed by atoms with E-state index in [0.29, 0.717) is 80.8 Å². The molecule has 4 amide bonds. The van der Waals surface area contributed by atoms with E-state index in [2.05, 4.69) is 66.6 Å². The summed E-state index contributed by atoms with van der Waals surface area (Å²) in [5, 5.41) is 16.9. The summed E-state index contributed by atoms with van der Waals surface area (Å²) in [7, 11) is 0. The number of ether oxygens (including phenoxy) is 3. The molecule has 3 N–H and O–H groups in total. The molecule has 20 heteroatoms. The molecular weight excluding hydrogens is 1300 g/mol. The molecule has 18 nitrogen and oxygen atoms in total. The van der Waals surface area contributed by atoms with Crippen LogP contribution in [0.25, 0.3) is 0 Å². The minimum absolute atomic E-state index is 0.00743. The Hall–Kier alpha value is -7.71. The van der Waals surface area contributed by atoms with Gasteiger partial charge >= 0.3 is 17.9 Å². The Balaban J connectivity index is -0.000000533. The van der Waals surface area contributed by atoms with Crippen molar-refractivity contribution in [2.24, 2.45) is 49.2 Å². The summed E-state index contributed by atoms with van der Waals surface area (Å²) in [6.07, 6.45) is 25.5. The number of amides is 4. The van der Waals surface area contributed by atoms with Crippen molar-refractivity contribution in [1.82, 2.24) is 20.9 Å². The molecule has 0 spiro atoms. The summed E-state index contributed by atoms with van der Waals surface area (Å²) < 4.78 is 40.9. The maximum atomic E-state index is 13.3. The average molecular weight is 1430 g/mol. The molecule has 1 atom stereocenters. The van der Waals surface area contributed by atoms with Gasteiger partial charge in [0.05, 0.1) is 25.9 Å². The zero-order chi connectivity index (χ0) is 81.2. The number of esters is 3. The number of likely N-dealkylation sites (tertiary alicyclic amines) is 1. The largest absolute Gasteiger partial charge is 0.464 e. The standard InChI is InChI=1S/C11H18FNO.C11H19NO.C11H18O3.C10H16FNO.C9H13NO.C8H14O2.C8H12O2.C7H11NO.C7H10O/c1-11(2,3)13-10(14)8-6-4-5-7-9(8)12;1-5-10(13)12-7-6-9(8-12)11(2,3)4;1-8(12)11(5-6-11)9(13)14-7-10(2,3)4;1-10(2,3)12-9(13)7-5-4-6-8(7)11;1-8(2,3)7(11)9(6-10)4-5-9;2*1-5-7(9)10-6-8(2,3)4;1-5-6(9)8-7(2,3)4;1-5-6(8)7(2,3)4/h4-7H2,1-3H3,(H,13,14);5,9H,1,6-8H2,2-4H3;5-7H2,1-4H3;4-6H2,1-3H3,(H,12,13);4-5H2,1-3H3;5H,1,6H2,2-4H3;1H,6H2,2-4H3;1H,2-4H3,(H,8,9);1H,2-4H3. The van der Waals surface area contributed by atoms with Gasteiger partial charge in [-0.25, -0.2) is 18.4 Å². The van der Waals surface area contributed by atoms with Crippen molar-refractivity contribution >= 4 is 58.9 Å². The van der Waals surface area contributed by atoms with Gasteiger partial charge in [0.15, 0.2) is 5.78 Å². The number of rotatable bonds is 10. The van der Waals surface area contributed by atoms with Crippen molar-refractivity contribution in [1.29, 1.82) is 5.26 Å². The number of hydrogen-bond acceptors (Lipinski definition) is 14. The van der Waals surface area contributed by atoms with Crippen LogP contribution < -0.4 is 16.0 Å². The van der Waals surface area contributed by atoms with Crippen LogP contribution in [0, 0.1) is 97.6 Å². The first-order valence-corrected chi connectivity index (χ1v) is 35.0. The molecular formula is C82H131F2N5O13. The third-order valence-electron chi connectivity index (χ3n) is 14.5. The molecule has 1 unspecified atom stereocenters. The van der Waals surface area contributed by atoms with Gasteiger partial charge in [-0.05, 0) is 192 Å². The number of halogens is 2. The second kappa shape index (κ2) is 43.4. The van der Waals surface area contributed by atoms with Gasteiger partial charge in [0.2, 0.25) is 23.5 Å². The molecule has 0 aromatic heterocycles. The number of nitrogens with one attached hydrogen (secondary N) is 3. The van der Waals surface area contributed by atoms with Crippen LogP contribution in [-0.2, 0) is 62.2 Å². The van der Waals surface area contributed by atoms with Crippen LogP contribution in [0.2, 0.25) is 0 Å². The van der Waals surface area contributed by atoms with E-state index in [1.165, 1.54) is 19.1 Å². The van der Waals surface area contributed by atoms with Crippen molar-refractivity contribution in [3.05, 3.63) is 48.1 Å². The highest BCUT2D eigenvalue weighted by atomic mass is 19.1. The van der Waals surface area contributed by atoms with Crippen molar-refractivity contribution in [3.8, 4) is 43.1 Å². The fraction of sp³-hybridized carbons (Fsp3) is 0.695. The lowest BCUT2D eigenvalue weighted by molar-refractivity contribution is -0.156. The van der Waals surface area contributed by atoms with E-state index < -0.39 is 16.8 Å². The van der Waals surface area contributed by atoms with Crippen molar-refractivity contribution in [3.63, 3.8) is 0 Å². The molecule has 5 rings (SSSR count). The van der Waals surface area contributed by atoms with E-state index in [4.69, 9.17) is 34.0 Å². The van der Waals surface area contributed by atoms with Crippen LogP contribution >= 0.6 is 0 Å². The fourth-order valence-corrected chi connectivity index (χ4v) is 8.42. The number of carbonyl (C=O) groups is 10. The first-order valence-electron chi connectivity index (χ1n) is 35.0. The number of carbonyl (C=O) groups excluding carboxylic acids is 10. The van der Waals surface area contributed by atoms with E-state index in [0.717, 1.165) is 51.6 Å². The lowest BCUT2D eigenvalue weighted by atomic mass is 9.80. The van der Waals surface area contributed by atoms with Gasteiger partial charge in [0.1, 0.15) is 28.3 Å². The minimum atomic E-state index is -0.773. The van der Waals surface area contributed by atoms with Crippen LogP contribution in [0.5, 0.6) is 0 Å². The van der Waals surface area contributed by atoms with Crippen molar-refractivity contribution in [2.75, 3.05) is 32.9 Å². The maximum absolute atomic E-state index is 13.3. The second-order valence-corrected chi connectivity index (χ2v) is 35.8. The maximum Gasteiger partial charge on any atom is 0.384 e. The highest BCUT2D eigenvalue weighted by molar-refractivity contribution is 6.05. The third kappa shape index (κ3) is 48.2. The number of hydrogen-bond donors (Lipinski definition) is 3. The number of allylic oxidation sites excluding steroid dienone is 2. The predicted molar refractivity (Wildman–Crippen MR) is 403 cm³/mol. The number of nitrogens with zero attached hydrogens (tertiary/aromatic N) is 2. The minimum Gasteiger partial charge on any atom is -0.464 e. The Morgan fingerprint density at radius 3 is 1.21 bits per heavy atom. The molecule has 4 aliphatic carbocycles. The number of ketones is 3. The van der Waals surface area contributed by atoms with E-state index in [9.17, 15) is 56.7 Å². The molecule has 102 heavy (non-hydrogen) atoms. The fourth-order valence-electron chi connectivity index (χ4n) is 8.42. The topological polar surface area (TPSA) is 262 Å². The zero-order valence-corrected chi connectivity index (χ0v) is 67.9. The van der Waals surface area contributed by atoms with Gasteiger partial charge in [-0.1, -0.05) is 138 Å². The Kier molecular flexibility index (Phi) is 42.8. The van der Waals surface area contributed by atoms with Gasteiger partial charge in [-0.3, -0.25) is 38.4 Å². The summed E-state index contributed by atoms with van der Waals surface area (Å²) in [6.45, 7) is 63.8. The molecule has 1 heterocycles. The van der Waals surface area contributed by atoms with Gasteiger partial charge in [-0.15, -0.1) is 19.3 Å². The molecule has 1 aliphatic heterocycles. The predicted octanol–water partition coefficient (Wildman–Crippen LogP) is 15.7. The van der Waals surface area contributed by atoms with E-state index in [-0.39, 0.29) is 108 Å². The summed E-state index contributed by atoms with van der Waals surface area (Å²) in [5.41, 5.74) is -1.88. The average Bonchev–Trinajstić information content (AvgIpc) is 1.63. The van der Waals surface area contributed by atoms with Crippen molar-refractivity contribution < 1.29 is 70.9 Å². The normalized spacial score (nSPS) is 16.3. The van der Waals surface area contributed by atoms with Crippen LogP contribution in [0.3, 0.4) is 0 Å². The van der Waals surface area contributed by atoms with Crippen LogP contribution in [0.4, 0.5) is 8.78 Å². The van der Waals surface area contributed by atoms with Crippen molar-refractivity contribution in [2.45, 2.75) is 288 Å². The number of Topliss-reactive ketones (excluding diaryl/α,β-unsaturated/α-hetero) is 3. The van der Waals surface area contributed by atoms with Gasteiger partial charge in [-0.2, -0.15) is 5.26 Å². The highest BCUT2D eigenvalue weighted by Gasteiger charge is 2.56. The Labute approximate surface area is 614 Å². The SMILES string of the molecule is C#CC(=O)C(C)(C)C.C#CC(=O)NC(C)(C)C.C#CC(=O)OCC(C)(C)C.C=CC(=O)N1CCC(C(C)(C)C)C1.C=CC(=O)OCC(C)(C)C.CC(=O)C1(C(=O)OCC(C)(C)C)CC1.CC(C)(C)C(=O)C1(C#N)CC1.CC(C)(C)NC(=O)C1=C(F)CCC1.CC(C)(C)NC(=O)C1=C(F)CCCC1. The molecule has 3 fully saturated rings. The third-order valence-corrected chi connectivity index (χ3v) is 14.5. The first-order chi connectivity index (χ1) is 45.8. The Morgan fingerprint density at radius 2 is 0.951 bits per heavy atom. The molecule has 576 valence electrons. The van der Waals surface area contributed by atoms with Crippen LogP contribution in [-0.4, -0.2) is 113 Å². The van der Waals surface area contributed by atoms with Gasteiger partial charge in [0.25, 0.3) is 5.91 Å². The number of nitriles is 1. The van der Waals surface area contributed by atoms with Crippen LogP contribution in [0.15, 0.2) is 48.1 Å². The monoisotopic (exact) mass is 1430 g/mol. The number of terminal acetylenes is 3. The highest BCUT2D eigenvalue weighted by Crippen LogP contribution is 2.50. The molecule has 5 aliphatic rings. The zero-order valence-electron chi connectivity index (χ0n) is 67.9. The van der Waals surface area contributed by atoms with E-state index in [1.807, 2.05) is 162 Å². The molecule has 0 bridgehead atoms. The van der Waals surface area contributed by atoms with E-state index >= 15 is 0 Å². The molecule has 0 aromatic carbocycles. The second-order valence-electron chi connectivity index (χ2n) is 35.8. The summed E-state index contributed by atoms with van der Waals surface area (Å²) in [4.78, 5) is 113. The van der Waals surface area contributed by atoms with Gasteiger partial charge < -0.3 is 35.1 Å². The quantitative estimate of drug-likeness (QED) is 0.0349. The first kappa shape index (κ1) is 101. The smallest absolute Gasteiger partial charge is 0.384 e. The van der Waals surface area contributed by atoms with E-state index in [1.54, 1.807) is 20.8 Å². The molecule has 0 radical (unpaired) electrons. The summed E-state index contributed by atoms with van der Waals surface area (Å²) in [5.74, 6) is 3.95. The lowest BCUT2D eigenvalue weighted by Crippen LogP contribution is -2.41. The van der Waals surface area contributed by atoms with Crippen LogP contribution in [0.1, 0.15) is 271 Å². The molecule has 1 saturated heterocycles. The van der Waals surface area contributed by atoms with Gasteiger partial charge in [0, 0.05) is 63.7 Å². The summed E-state index contributed by atoms with van der Waals surface area (Å²) in [6, 6.07) is 2.11. The Morgan fingerprint density at radius 1 is 0.549 bits per heavy atom. The Bertz CT molecular complexity index is 3090. The molecule has 2 saturated carbocycles.